The molecule has 1 heterocycles. The zero-order valence-electron chi connectivity index (χ0n) is 11.8. The lowest BCUT2D eigenvalue weighted by atomic mass is 10.1. The van der Waals surface area contributed by atoms with E-state index < -0.39 is 12.2 Å². The van der Waals surface area contributed by atoms with Crippen molar-refractivity contribution in [3.63, 3.8) is 0 Å². The van der Waals surface area contributed by atoms with E-state index in [1.54, 1.807) is 18.2 Å². The molecule has 0 bridgehead atoms. The van der Waals surface area contributed by atoms with E-state index in [0.29, 0.717) is 19.6 Å². The first kappa shape index (κ1) is 16.1. The number of alkyl halides is 3. The molecule has 7 heteroatoms. The SMILES string of the molecule is Fc1ccc2c(c1Cl)CN(Cc1ccc(OC(F)(F)F)cc1)C2. The van der Waals surface area contributed by atoms with E-state index in [9.17, 15) is 17.6 Å². The second-order valence-electron chi connectivity index (χ2n) is 5.34. The summed E-state index contributed by atoms with van der Waals surface area (Å²) in [6.07, 6.45) is -4.70. The second-order valence-corrected chi connectivity index (χ2v) is 5.71. The third kappa shape index (κ3) is 3.76. The van der Waals surface area contributed by atoms with Crippen molar-refractivity contribution in [3.05, 3.63) is 63.9 Å². The molecule has 0 unspecified atom stereocenters. The maximum atomic E-state index is 13.5. The van der Waals surface area contributed by atoms with E-state index in [1.165, 1.54) is 18.2 Å². The number of fused-ring (bicyclic) bond motifs is 1. The molecule has 2 aromatic carbocycles. The van der Waals surface area contributed by atoms with Gasteiger partial charge in [0.15, 0.2) is 0 Å². The molecule has 0 radical (unpaired) electrons. The van der Waals surface area contributed by atoms with Gasteiger partial charge in [-0.1, -0.05) is 29.8 Å². The third-order valence-electron chi connectivity index (χ3n) is 3.63. The molecular weight excluding hydrogens is 334 g/mol. The van der Waals surface area contributed by atoms with Crippen LogP contribution in [0.5, 0.6) is 5.75 Å². The predicted molar refractivity (Wildman–Crippen MR) is 77.5 cm³/mol. The van der Waals surface area contributed by atoms with Gasteiger partial charge in [0.25, 0.3) is 0 Å². The first-order valence-corrected chi connectivity index (χ1v) is 7.22. The number of nitrogens with zero attached hydrogens (tertiary/aromatic N) is 1. The van der Waals surface area contributed by atoms with Crippen molar-refractivity contribution < 1.29 is 22.3 Å². The van der Waals surface area contributed by atoms with Crippen molar-refractivity contribution in [2.75, 3.05) is 0 Å². The molecule has 0 saturated heterocycles. The summed E-state index contributed by atoms with van der Waals surface area (Å²) in [5.41, 5.74) is 2.57. The summed E-state index contributed by atoms with van der Waals surface area (Å²) in [6, 6.07) is 8.75. The standard InChI is InChI=1S/C16H12ClF4NO/c17-15-13-9-22(8-11(13)3-6-14(15)18)7-10-1-4-12(5-2-10)23-16(19,20)21/h1-6H,7-9H2. The summed E-state index contributed by atoms with van der Waals surface area (Å²) >= 11 is 5.96. The Kier molecular flexibility index (Phi) is 4.21. The van der Waals surface area contributed by atoms with Crippen LogP contribution < -0.4 is 4.74 Å². The van der Waals surface area contributed by atoms with E-state index in [2.05, 4.69) is 4.74 Å². The highest BCUT2D eigenvalue weighted by atomic mass is 35.5. The molecule has 122 valence electrons. The van der Waals surface area contributed by atoms with Crippen molar-refractivity contribution in [3.8, 4) is 5.75 Å². The second kappa shape index (κ2) is 6.02. The van der Waals surface area contributed by atoms with Crippen molar-refractivity contribution in [2.24, 2.45) is 0 Å². The Balaban J connectivity index is 1.66. The average Bonchev–Trinajstić information content (AvgIpc) is 2.87. The number of hydrogen-bond donors (Lipinski definition) is 0. The average molecular weight is 346 g/mol. The fourth-order valence-electron chi connectivity index (χ4n) is 2.64. The lowest BCUT2D eigenvalue weighted by Crippen LogP contribution is -2.17. The number of rotatable bonds is 3. The van der Waals surface area contributed by atoms with Crippen LogP contribution in [0.4, 0.5) is 17.6 Å². The summed E-state index contributed by atoms with van der Waals surface area (Å²) < 4.78 is 53.6. The molecule has 2 nitrogen and oxygen atoms in total. The molecule has 3 rings (SSSR count). The zero-order chi connectivity index (χ0) is 16.6. The molecule has 0 spiro atoms. The molecule has 0 fully saturated rings. The molecule has 1 aliphatic heterocycles. The van der Waals surface area contributed by atoms with Gasteiger partial charge in [0.05, 0.1) is 5.02 Å². The fourth-order valence-corrected chi connectivity index (χ4v) is 2.88. The fraction of sp³-hybridized carbons (Fsp3) is 0.250. The van der Waals surface area contributed by atoms with Gasteiger partial charge in [-0.05, 0) is 34.9 Å². The van der Waals surface area contributed by atoms with Gasteiger partial charge < -0.3 is 4.74 Å². The molecule has 0 aliphatic carbocycles. The van der Waals surface area contributed by atoms with E-state index in [4.69, 9.17) is 11.6 Å². The Morgan fingerprint density at radius 1 is 1.04 bits per heavy atom. The van der Waals surface area contributed by atoms with E-state index in [0.717, 1.165) is 16.7 Å². The number of benzene rings is 2. The normalized spacial score (nSPS) is 14.8. The van der Waals surface area contributed by atoms with Gasteiger partial charge in [-0.3, -0.25) is 4.90 Å². The molecule has 1 aliphatic rings. The summed E-state index contributed by atoms with van der Waals surface area (Å²) in [5, 5.41) is 0.138. The van der Waals surface area contributed by atoms with Gasteiger partial charge in [-0.25, -0.2) is 4.39 Å². The van der Waals surface area contributed by atoms with Crippen LogP contribution in [0.15, 0.2) is 36.4 Å². The maximum absolute atomic E-state index is 13.5. The monoisotopic (exact) mass is 345 g/mol. The van der Waals surface area contributed by atoms with Crippen LogP contribution in [-0.2, 0) is 19.6 Å². The minimum Gasteiger partial charge on any atom is -0.406 e. The highest BCUT2D eigenvalue weighted by molar-refractivity contribution is 6.31. The van der Waals surface area contributed by atoms with Crippen LogP contribution in [0.25, 0.3) is 0 Å². The summed E-state index contributed by atoms with van der Waals surface area (Å²) in [5.74, 6) is -0.697. The van der Waals surface area contributed by atoms with Gasteiger partial charge in [0.2, 0.25) is 0 Å². The van der Waals surface area contributed by atoms with Crippen LogP contribution in [0.2, 0.25) is 5.02 Å². The topological polar surface area (TPSA) is 12.5 Å². The van der Waals surface area contributed by atoms with Gasteiger partial charge in [-0.2, -0.15) is 0 Å². The van der Waals surface area contributed by atoms with Crippen LogP contribution >= 0.6 is 11.6 Å². The van der Waals surface area contributed by atoms with E-state index >= 15 is 0 Å². The lowest BCUT2D eigenvalue weighted by molar-refractivity contribution is -0.274. The zero-order valence-corrected chi connectivity index (χ0v) is 12.6. The minimum absolute atomic E-state index is 0.138. The highest BCUT2D eigenvalue weighted by Crippen LogP contribution is 2.32. The Morgan fingerprint density at radius 2 is 1.74 bits per heavy atom. The Hall–Kier alpha value is -1.79. The summed E-state index contributed by atoms with van der Waals surface area (Å²) in [4.78, 5) is 2.04. The van der Waals surface area contributed by atoms with Crippen molar-refractivity contribution in [1.29, 1.82) is 0 Å². The quantitative estimate of drug-likeness (QED) is 0.734. The third-order valence-corrected chi connectivity index (χ3v) is 4.04. The Labute approximate surface area is 135 Å². The molecular formula is C16H12ClF4NO. The smallest absolute Gasteiger partial charge is 0.406 e. The lowest BCUT2D eigenvalue weighted by Gasteiger charge is -2.15. The van der Waals surface area contributed by atoms with Gasteiger partial charge in [0.1, 0.15) is 11.6 Å². The molecule has 0 atom stereocenters. The van der Waals surface area contributed by atoms with Crippen LogP contribution in [0, 0.1) is 5.82 Å². The maximum Gasteiger partial charge on any atom is 0.573 e. The van der Waals surface area contributed by atoms with Crippen LogP contribution in [0.3, 0.4) is 0 Å². The number of ether oxygens (including phenoxy) is 1. The first-order chi connectivity index (χ1) is 10.8. The Bertz CT molecular complexity index is 715. The minimum atomic E-state index is -4.70. The molecule has 2 aromatic rings. The first-order valence-electron chi connectivity index (χ1n) is 6.84. The van der Waals surface area contributed by atoms with Crippen LogP contribution in [0.1, 0.15) is 16.7 Å². The van der Waals surface area contributed by atoms with Gasteiger partial charge >= 0.3 is 6.36 Å². The van der Waals surface area contributed by atoms with Gasteiger partial charge in [-0.15, -0.1) is 13.2 Å². The summed E-state index contributed by atoms with van der Waals surface area (Å²) in [6.45, 7) is 1.65. The highest BCUT2D eigenvalue weighted by Gasteiger charge is 2.31. The number of halogens is 5. The molecule has 23 heavy (non-hydrogen) atoms. The molecule has 0 N–H and O–H groups in total. The van der Waals surface area contributed by atoms with Crippen molar-refractivity contribution in [1.82, 2.24) is 4.90 Å². The van der Waals surface area contributed by atoms with Crippen molar-refractivity contribution >= 4 is 11.6 Å². The predicted octanol–water partition coefficient (Wildman–Crippen LogP) is 4.89. The molecule has 0 aromatic heterocycles. The molecule has 0 amide bonds. The summed E-state index contributed by atoms with van der Waals surface area (Å²) in [7, 11) is 0. The van der Waals surface area contributed by atoms with Crippen molar-refractivity contribution in [2.45, 2.75) is 26.0 Å². The largest absolute Gasteiger partial charge is 0.573 e. The Morgan fingerprint density at radius 3 is 2.39 bits per heavy atom. The van der Waals surface area contributed by atoms with E-state index in [-0.39, 0.29) is 10.8 Å². The van der Waals surface area contributed by atoms with E-state index in [1.807, 2.05) is 4.90 Å². The molecule has 0 saturated carbocycles. The number of hydrogen-bond acceptors (Lipinski definition) is 2. The van der Waals surface area contributed by atoms with Gasteiger partial charge in [0, 0.05) is 19.6 Å². The van der Waals surface area contributed by atoms with Crippen LogP contribution in [-0.4, -0.2) is 11.3 Å².